The lowest BCUT2D eigenvalue weighted by atomic mass is 9.57. The van der Waals surface area contributed by atoms with E-state index in [2.05, 4.69) is 48.5 Å². The average molecular weight is 408 g/mol. The number of nitrogens with zero attached hydrogens (tertiary/aromatic N) is 3. The number of ketones is 1. The van der Waals surface area contributed by atoms with E-state index >= 15 is 0 Å². The van der Waals surface area contributed by atoms with Gasteiger partial charge in [-0.1, -0.05) is 45.0 Å². The van der Waals surface area contributed by atoms with Gasteiger partial charge >= 0.3 is 6.09 Å². The van der Waals surface area contributed by atoms with Crippen molar-refractivity contribution < 1.29 is 14.7 Å². The molecule has 2 aromatic rings. The van der Waals surface area contributed by atoms with Crippen molar-refractivity contribution in [2.75, 3.05) is 13.1 Å². The molecule has 1 spiro atoms. The number of imidazole rings is 1. The first-order valence-electron chi connectivity index (χ1n) is 10.9. The molecule has 1 aliphatic carbocycles. The minimum atomic E-state index is -0.884. The molecule has 1 aromatic carbocycles. The Kier molecular flexibility index (Phi) is 3.99. The van der Waals surface area contributed by atoms with Crippen LogP contribution in [0.15, 0.2) is 36.8 Å². The van der Waals surface area contributed by atoms with Crippen LogP contribution in [0, 0.1) is 16.2 Å². The fourth-order valence-electron chi connectivity index (χ4n) is 6.47. The number of carbonyl (C=O) groups excluding carboxylic acids is 1. The summed E-state index contributed by atoms with van der Waals surface area (Å²) in [6.45, 7) is 7.45. The van der Waals surface area contributed by atoms with Gasteiger partial charge in [-0.15, -0.1) is 0 Å². The van der Waals surface area contributed by atoms with Gasteiger partial charge in [-0.2, -0.15) is 0 Å². The van der Waals surface area contributed by atoms with E-state index in [9.17, 15) is 14.7 Å². The first-order valence-corrected chi connectivity index (χ1v) is 10.9. The van der Waals surface area contributed by atoms with Crippen molar-refractivity contribution in [3.8, 4) is 11.3 Å². The molecule has 2 unspecified atom stereocenters. The van der Waals surface area contributed by atoms with Crippen LogP contribution in [0.4, 0.5) is 4.79 Å². The summed E-state index contributed by atoms with van der Waals surface area (Å²) in [6.07, 6.45) is 5.79. The number of fused-ring (bicyclic) bond motifs is 3. The first kappa shape index (κ1) is 19.3. The Morgan fingerprint density at radius 2 is 1.83 bits per heavy atom. The quantitative estimate of drug-likeness (QED) is 0.749. The molecule has 158 valence electrons. The monoisotopic (exact) mass is 407 g/mol. The van der Waals surface area contributed by atoms with E-state index in [4.69, 9.17) is 0 Å². The van der Waals surface area contributed by atoms with E-state index in [1.54, 1.807) is 0 Å². The molecule has 6 heteroatoms. The van der Waals surface area contributed by atoms with Crippen molar-refractivity contribution in [2.24, 2.45) is 16.2 Å². The van der Waals surface area contributed by atoms with E-state index in [0.29, 0.717) is 31.7 Å². The number of piperidine rings is 1. The maximum absolute atomic E-state index is 14.5. The third-order valence-corrected chi connectivity index (χ3v) is 8.16. The number of amides is 1. The lowest BCUT2D eigenvalue weighted by molar-refractivity contribution is -0.144. The molecule has 1 saturated carbocycles. The summed E-state index contributed by atoms with van der Waals surface area (Å²) < 4.78 is 2.21. The summed E-state index contributed by atoms with van der Waals surface area (Å²) >= 11 is 0. The third-order valence-electron chi connectivity index (χ3n) is 8.16. The zero-order chi connectivity index (χ0) is 21.3. The van der Waals surface area contributed by atoms with Crippen LogP contribution in [-0.4, -0.2) is 44.5 Å². The van der Waals surface area contributed by atoms with Crippen LogP contribution in [-0.2, 0) is 4.79 Å². The summed E-state index contributed by atoms with van der Waals surface area (Å²) in [5, 5.41) is 9.37. The molecule has 1 N–H and O–H groups in total. The van der Waals surface area contributed by atoms with E-state index in [1.807, 2.05) is 18.6 Å². The highest BCUT2D eigenvalue weighted by molar-refractivity contribution is 5.95. The van der Waals surface area contributed by atoms with E-state index < -0.39 is 16.9 Å². The van der Waals surface area contributed by atoms with Gasteiger partial charge in [-0.05, 0) is 36.7 Å². The normalized spacial score (nSPS) is 27.4. The molecule has 3 aliphatic rings. The predicted octanol–water partition coefficient (Wildman–Crippen LogP) is 4.61. The number of rotatable bonds is 1. The fraction of sp³-hybridized carbons (Fsp3) is 0.542. The SMILES string of the molecule is CC(C)(C)C1(C2c3ccccc3-c3cncn32)CCC2(CCN(C(=O)O)CC2)C1=O. The second-order valence-electron chi connectivity index (χ2n) is 10.3. The van der Waals surface area contributed by atoms with Gasteiger partial charge < -0.3 is 14.6 Å². The largest absolute Gasteiger partial charge is 0.465 e. The Hall–Kier alpha value is -2.63. The zero-order valence-corrected chi connectivity index (χ0v) is 17.9. The highest BCUT2D eigenvalue weighted by atomic mass is 16.4. The van der Waals surface area contributed by atoms with E-state index in [-0.39, 0.29) is 11.5 Å². The maximum atomic E-state index is 14.5. The highest BCUT2D eigenvalue weighted by Gasteiger charge is 2.66. The Morgan fingerprint density at radius 3 is 2.50 bits per heavy atom. The molecule has 1 amide bonds. The van der Waals surface area contributed by atoms with Gasteiger partial charge in [0.25, 0.3) is 0 Å². The van der Waals surface area contributed by atoms with Gasteiger partial charge in [0.2, 0.25) is 0 Å². The summed E-state index contributed by atoms with van der Waals surface area (Å²) in [5.41, 5.74) is 2.23. The number of aromatic nitrogens is 2. The van der Waals surface area contributed by atoms with Gasteiger partial charge in [0.05, 0.1) is 29.7 Å². The van der Waals surface area contributed by atoms with Gasteiger partial charge in [-0.3, -0.25) is 4.79 Å². The molecule has 0 radical (unpaired) electrons. The predicted molar refractivity (Wildman–Crippen MR) is 113 cm³/mol. The van der Waals surface area contributed by atoms with Crippen molar-refractivity contribution in [1.29, 1.82) is 0 Å². The Morgan fingerprint density at radius 1 is 1.13 bits per heavy atom. The van der Waals surface area contributed by atoms with Crippen LogP contribution in [0.5, 0.6) is 0 Å². The fourth-order valence-corrected chi connectivity index (χ4v) is 6.47. The molecular formula is C24H29N3O3. The Balaban J connectivity index is 1.62. The summed E-state index contributed by atoms with van der Waals surface area (Å²) in [4.78, 5) is 31.7. The van der Waals surface area contributed by atoms with Crippen molar-refractivity contribution in [2.45, 2.75) is 52.5 Å². The number of benzene rings is 1. The number of hydrogen-bond donors (Lipinski definition) is 1. The van der Waals surface area contributed by atoms with Gasteiger partial charge in [-0.25, -0.2) is 9.78 Å². The molecule has 1 saturated heterocycles. The molecule has 2 aliphatic heterocycles. The topological polar surface area (TPSA) is 75.4 Å². The molecule has 2 atom stereocenters. The molecular weight excluding hydrogens is 378 g/mol. The van der Waals surface area contributed by atoms with Crippen molar-refractivity contribution in [3.63, 3.8) is 0 Å². The van der Waals surface area contributed by atoms with Crippen molar-refractivity contribution >= 4 is 11.9 Å². The van der Waals surface area contributed by atoms with Gasteiger partial charge in [0, 0.05) is 24.1 Å². The zero-order valence-electron chi connectivity index (χ0n) is 17.9. The van der Waals surface area contributed by atoms with Crippen LogP contribution in [0.3, 0.4) is 0 Å². The maximum Gasteiger partial charge on any atom is 0.407 e. The summed E-state index contributed by atoms with van der Waals surface area (Å²) in [6, 6.07) is 8.31. The number of carbonyl (C=O) groups is 2. The first-order chi connectivity index (χ1) is 14.2. The number of carboxylic acid groups (broad SMARTS) is 1. The second kappa shape index (κ2) is 6.19. The van der Waals surface area contributed by atoms with Gasteiger partial charge in [0.1, 0.15) is 5.78 Å². The summed E-state index contributed by atoms with van der Waals surface area (Å²) in [5.74, 6) is 0.328. The Bertz CT molecular complexity index is 1030. The lowest BCUT2D eigenvalue weighted by Crippen LogP contribution is -2.52. The van der Waals surface area contributed by atoms with Crippen molar-refractivity contribution in [3.05, 3.63) is 42.4 Å². The standard InChI is InChI=1S/C24H29N3O3/c1-22(2,3)24(9-8-23(20(24)28)10-12-26(13-11-23)21(29)30)19-17-7-5-4-6-16(17)18-14-25-15-27(18)19/h4-7,14-15,19H,8-13H2,1-3H3,(H,29,30). The van der Waals surface area contributed by atoms with Gasteiger partial charge in [0.15, 0.2) is 0 Å². The molecule has 6 nitrogen and oxygen atoms in total. The molecule has 30 heavy (non-hydrogen) atoms. The lowest BCUT2D eigenvalue weighted by Gasteiger charge is -2.48. The third kappa shape index (κ3) is 2.33. The van der Waals surface area contributed by atoms with Crippen LogP contribution >= 0.6 is 0 Å². The number of likely N-dealkylation sites (tertiary alicyclic amines) is 1. The average Bonchev–Trinajstić information content (AvgIpc) is 3.36. The van der Waals surface area contributed by atoms with E-state index in [1.165, 1.54) is 10.5 Å². The smallest absolute Gasteiger partial charge is 0.407 e. The summed E-state index contributed by atoms with van der Waals surface area (Å²) in [7, 11) is 0. The molecule has 1 aromatic heterocycles. The van der Waals surface area contributed by atoms with Crippen LogP contribution in [0.1, 0.15) is 58.1 Å². The van der Waals surface area contributed by atoms with Crippen LogP contribution in [0.2, 0.25) is 0 Å². The minimum Gasteiger partial charge on any atom is -0.465 e. The molecule has 0 bridgehead atoms. The molecule has 3 heterocycles. The highest BCUT2D eigenvalue weighted by Crippen LogP contribution is 2.66. The minimum absolute atomic E-state index is 0.0735. The second-order valence-corrected chi connectivity index (χ2v) is 10.3. The van der Waals surface area contributed by atoms with Crippen molar-refractivity contribution in [1.82, 2.24) is 14.5 Å². The van der Waals surface area contributed by atoms with Crippen LogP contribution < -0.4 is 0 Å². The molecule has 2 fully saturated rings. The number of Topliss-reactive ketones (excluding diaryl/α,β-unsaturated/α-hetero) is 1. The number of hydrogen-bond acceptors (Lipinski definition) is 3. The van der Waals surface area contributed by atoms with E-state index in [0.717, 1.165) is 24.1 Å². The van der Waals surface area contributed by atoms with Crippen LogP contribution in [0.25, 0.3) is 11.3 Å². The molecule has 5 rings (SSSR count). The Labute approximate surface area is 176 Å².